The van der Waals surface area contributed by atoms with Crippen molar-refractivity contribution in [2.75, 3.05) is 11.4 Å². The largest absolute Gasteiger partial charge is 0.506 e. The quantitative estimate of drug-likeness (QED) is 0.607. The molecule has 0 saturated heterocycles. The second-order valence-electron chi connectivity index (χ2n) is 6.07. The minimum absolute atomic E-state index is 0.0411. The smallest absolute Gasteiger partial charge is 0.325 e. The monoisotopic (exact) mass is 378 g/mol. The lowest BCUT2D eigenvalue weighted by molar-refractivity contribution is -0.108. The maximum Gasteiger partial charge on any atom is 0.325 e. The fraction of sp³-hybridized carbons (Fsp3) is 0.278. The van der Waals surface area contributed by atoms with E-state index < -0.39 is 16.3 Å². The third kappa shape index (κ3) is 4.53. The van der Waals surface area contributed by atoms with Crippen LogP contribution in [-0.4, -0.2) is 32.1 Å². The first-order valence-electron chi connectivity index (χ1n) is 8.01. The van der Waals surface area contributed by atoms with Gasteiger partial charge in [-0.1, -0.05) is 43.3 Å². The van der Waals surface area contributed by atoms with Crippen LogP contribution in [0.1, 0.15) is 24.2 Å². The number of phenols is 1. The number of anilines is 1. The van der Waals surface area contributed by atoms with Gasteiger partial charge in [-0.2, -0.15) is 8.42 Å². The third-order valence-electron chi connectivity index (χ3n) is 4.17. The average molecular weight is 378 g/mol. The van der Waals surface area contributed by atoms with Crippen LogP contribution in [0.15, 0.2) is 48.5 Å². The number of hydrogen-bond acceptors (Lipinski definition) is 5. The lowest BCUT2D eigenvalue weighted by Gasteiger charge is -2.21. The molecule has 2 rings (SSSR count). The molecule has 2 aromatic carbocycles. The molecule has 0 bridgehead atoms. The molecule has 2 atom stereocenters. The first-order chi connectivity index (χ1) is 12.3. The average Bonchev–Trinajstić information content (AvgIpc) is 2.61. The maximum absolute atomic E-state index is 11.8. The Balaban J connectivity index is 2.15. The molecule has 1 amide bonds. The molecule has 0 saturated carbocycles. The van der Waals surface area contributed by atoms with Crippen LogP contribution in [0.2, 0.25) is 0 Å². The summed E-state index contributed by atoms with van der Waals surface area (Å²) in [6.07, 6.45) is -0.102. The van der Waals surface area contributed by atoms with Crippen molar-refractivity contribution in [3.63, 3.8) is 0 Å². The lowest BCUT2D eigenvalue weighted by atomic mass is 9.91. The van der Waals surface area contributed by atoms with Crippen LogP contribution in [0, 0.1) is 5.92 Å². The summed E-state index contributed by atoms with van der Waals surface area (Å²) in [7, 11) is -2.83. The highest BCUT2D eigenvalue weighted by Gasteiger charge is 2.21. The predicted molar refractivity (Wildman–Crippen MR) is 98.9 cm³/mol. The number of aromatic hydroxyl groups is 1. The van der Waals surface area contributed by atoms with Crippen molar-refractivity contribution in [3.8, 4) is 5.75 Å². The maximum atomic E-state index is 11.8. The zero-order valence-electron chi connectivity index (χ0n) is 14.5. The van der Waals surface area contributed by atoms with E-state index in [1.165, 1.54) is 19.2 Å². The van der Waals surface area contributed by atoms with E-state index in [0.29, 0.717) is 6.42 Å². The number of aliphatic hydroxyl groups is 1. The fourth-order valence-corrected chi connectivity index (χ4v) is 3.39. The second kappa shape index (κ2) is 8.20. The van der Waals surface area contributed by atoms with E-state index in [0.717, 1.165) is 15.4 Å². The Morgan fingerprint density at radius 3 is 2.42 bits per heavy atom. The predicted octanol–water partition coefficient (Wildman–Crippen LogP) is 1.73. The van der Waals surface area contributed by atoms with E-state index in [1.54, 1.807) is 10.8 Å². The van der Waals surface area contributed by atoms with Gasteiger partial charge in [0.25, 0.3) is 0 Å². The van der Waals surface area contributed by atoms with Gasteiger partial charge in [0.2, 0.25) is 6.41 Å². The summed E-state index contributed by atoms with van der Waals surface area (Å²) in [5, 5.41) is 20.6. The van der Waals surface area contributed by atoms with Crippen molar-refractivity contribution in [2.24, 2.45) is 5.92 Å². The molecular formula is C18H22N2O5S. The minimum Gasteiger partial charge on any atom is -0.506 e. The number of nitrogens with one attached hydrogen (secondary N) is 1. The van der Waals surface area contributed by atoms with Crippen LogP contribution in [0.3, 0.4) is 0 Å². The van der Waals surface area contributed by atoms with Crippen LogP contribution in [-0.2, 0) is 21.4 Å². The molecule has 2 aromatic rings. The van der Waals surface area contributed by atoms with Crippen molar-refractivity contribution in [1.82, 2.24) is 4.72 Å². The molecule has 3 N–H and O–H groups in total. The van der Waals surface area contributed by atoms with Crippen molar-refractivity contribution in [1.29, 1.82) is 0 Å². The Morgan fingerprint density at radius 2 is 1.85 bits per heavy atom. The Kier molecular flexibility index (Phi) is 6.23. The van der Waals surface area contributed by atoms with E-state index in [9.17, 15) is 23.4 Å². The van der Waals surface area contributed by atoms with Gasteiger partial charge >= 0.3 is 10.2 Å². The number of carbonyl (C=O) groups is 1. The molecular weight excluding hydrogens is 356 g/mol. The molecule has 7 nitrogen and oxygen atoms in total. The van der Waals surface area contributed by atoms with Crippen molar-refractivity contribution >= 4 is 22.3 Å². The summed E-state index contributed by atoms with van der Waals surface area (Å²) in [6.45, 7) is 1.90. The highest BCUT2D eigenvalue weighted by atomic mass is 32.2. The van der Waals surface area contributed by atoms with Gasteiger partial charge in [0, 0.05) is 7.05 Å². The Hall–Kier alpha value is -2.58. The fourth-order valence-electron chi connectivity index (χ4n) is 2.69. The molecule has 0 aliphatic heterocycles. The summed E-state index contributed by atoms with van der Waals surface area (Å²) in [4.78, 5) is 10.4. The molecule has 140 valence electrons. The molecule has 0 spiro atoms. The third-order valence-corrected chi connectivity index (χ3v) is 5.49. The molecule has 26 heavy (non-hydrogen) atoms. The number of nitrogens with zero attached hydrogens (tertiary/aromatic N) is 1. The highest BCUT2D eigenvalue weighted by molar-refractivity contribution is 7.91. The van der Waals surface area contributed by atoms with Gasteiger partial charge in [-0.15, -0.1) is 0 Å². The van der Waals surface area contributed by atoms with E-state index >= 15 is 0 Å². The SMILES string of the molecule is CC(Cc1ccc(N(C)S(=O)(=O)NC=O)c(O)c1)C(O)c1ccccc1. The number of benzene rings is 2. The van der Waals surface area contributed by atoms with E-state index in [2.05, 4.69) is 0 Å². The molecule has 0 radical (unpaired) electrons. The van der Waals surface area contributed by atoms with Gasteiger partial charge in [0.1, 0.15) is 5.75 Å². The summed E-state index contributed by atoms with van der Waals surface area (Å²) in [5.41, 5.74) is 1.61. The summed E-state index contributed by atoms with van der Waals surface area (Å²) < 4.78 is 26.1. The zero-order chi connectivity index (χ0) is 19.3. The molecule has 8 heteroatoms. The Morgan fingerprint density at radius 1 is 1.19 bits per heavy atom. The molecule has 0 fully saturated rings. The van der Waals surface area contributed by atoms with Crippen LogP contribution >= 0.6 is 0 Å². The minimum atomic E-state index is -4.06. The van der Waals surface area contributed by atoms with Crippen LogP contribution < -0.4 is 9.03 Å². The highest BCUT2D eigenvalue weighted by Crippen LogP contribution is 2.31. The number of rotatable bonds is 8. The number of aliphatic hydroxyl groups excluding tert-OH is 1. The van der Waals surface area contributed by atoms with Crippen LogP contribution in [0.4, 0.5) is 5.69 Å². The Labute approximate surface area is 153 Å². The summed E-state index contributed by atoms with van der Waals surface area (Å²) in [6, 6.07) is 13.9. The summed E-state index contributed by atoms with van der Waals surface area (Å²) >= 11 is 0. The van der Waals surface area contributed by atoms with Gasteiger partial charge in [0.05, 0.1) is 11.8 Å². The van der Waals surface area contributed by atoms with Crippen molar-refractivity contribution in [3.05, 3.63) is 59.7 Å². The second-order valence-corrected chi connectivity index (χ2v) is 7.80. The normalized spacial score (nSPS) is 13.7. The first kappa shape index (κ1) is 19.7. The first-order valence-corrected chi connectivity index (χ1v) is 9.45. The topological polar surface area (TPSA) is 107 Å². The van der Waals surface area contributed by atoms with E-state index in [4.69, 9.17) is 0 Å². The van der Waals surface area contributed by atoms with E-state index in [1.807, 2.05) is 37.3 Å². The molecule has 0 heterocycles. The van der Waals surface area contributed by atoms with Gasteiger partial charge in [-0.25, -0.2) is 4.72 Å². The number of amides is 1. The van der Waals surface area contributed by atoms with Gasteiger partial charge in [0.15, 0.2) is 0 Å². The van der Waals surface area contributed by atoms with Gasteiger partial charge < -0.3 is 10.2 Å². The van der Waals surface area contributed by atoms with Crippen molar-refractivity contribution in [2.45, 2.75) is 19.4 Å². The zero-order valence-corrected chi connectivity index (χ0v) is 15.3. The van der Waals surface area contributed by atoms with Crippen molar-refractivity contribution < 1.29 is 23.4 Å². The number of carbonyl (C=O) groups excluding carboxylic acids is 1. The summed E-state index contributed by atoms with van der Waals surface area (Å²) in [5.74, 6) is -0.344. The van der Waals surface area contributed by atoms with Crippen LogP contribution in [0.25, 0.3) is 0 Å². The number of hydrogen-bond donors (Lipinski definition) is 3. The van der Waals surface area contributed by atoms with Crippen LogP contribution in [0.5, 0.6) is 5.75 Å². The molecule has 2 unspecified atom stereocenters. The molecule has 0 aliphatic rings. The molecule has 0 aromatic heterocycles. The van der Waals surface area contributed by atoms with E-state index in [-0.39, 0.29) is 23.8 Å². The van der Waals surface area contributed by atoms with Gasteiger partial charge in [-0.3, -0.25) is 9.10 Å². The standard InChI is InChI=1S/C18H22N2O5S/c1-13(18(23)15-6-4-3-5-7-15)10-14-8-9-16(17(22)11-14)20(2)26(24,25)19-12-21/h3-9,11-13,18,22-23H,10H2,1-2H3,(H,19,21). The molecule has 0 aliphatic carbocycles. The number of phenolic OH excluding ortho intramolecular Hbond substituents is 1. The lowest BCUT2D eigenvalue weighted by Crippen LogP contribution is -2.37. The Bertz CT molecular complexity index is 855. The van der Waals surface area contributed by atoms with Gasteiger partial charge in [-0.05, 0) is 35.6 Å².